The molecule has 2 N–H and O–H groups in total. The maximum absolute atomic E-state index is 11.6. The summed E-state index contributed by atoms with van der Waals surface area (Å²) in [6.45, 7) is 6.58. The second kappa shape index (κ2) is 7.48. The molecule has 1 amide bonds. The minimum absolute atomic E-state index is 0.113. The van der Waals surface area contributed by atoms with Gasteiger partial charge in [-0.15, -0.1) is 0 Å². The van der Waals surface area contributed by atoms with E-state index in [0.29, 0.717) is 12.5 Å². The van der Waals surface area contributed by atoms with Gasteiger partial charge in [0.05, 0.1) is 12.7 Å². The van der Waals surface area contributed by atoms with Crippen LogP contribution < -0.4 is 5.32 Å². The Hall–Kier alpha value is -1.10. The molecule has 2 unspecified atom stereocenters. The van der Waals surface area contributed by atoms with E-state index in [1.807, 2.05) is 6.92 Å². The molecule has 0 spiro atoms. The molecular weight excluding hydrogens is 246 g/mol. The lowest BCUT2D eigenvalue weighted by Crippen LogP contribution is -2.42. The van der Waals surface area contributed by atoms with Crippen LogP contribution in [0.2, 0.25) is 0 Å². The van der Waals surface area contributed by atoms with Crippen LogP contribution in [0.5, 0.6) is 0 Å². The largest absolute Gasteiger partial charge is 0.480 e. The SMILES string of the molecule is CC(C)CC(C)OCCC(=O)NC(C(=O)O)C1CC1. The molecule has 5 heteroatoms. The van der Waals surface area contributed by atoms with E-state index in [0.717, 1.165) is 19.3 Å². The number of amides is 1. The number of carbonyl (C=O) groups excluding carboxylic acids is 1. The van der Waals surface area contributed by atoms with Crippen molar-refractivity contribution in [1.29, 1.82) is 0 Å². The third-order valence-electron chi connectivity index (χ3n) is 3.21. The highest BCUT2D eigenvalue weighted by Gasteiger charge is 2.37. The average molecular weight is 271 g/mol. The fourth-order valence-corrected chi connectivity index (χ4v) is 2.14. The molecule has 1 fully saturated rings. The van der Waals surface area contributed by atoms with Crippen molar-refractivity contribution in [3.63, 3.8) is 0 Å². The normalized spacial score (nSPS) is 18.1. The van der Waals surface area contributed by atoms with E-state index in [1.54, 1.807) is 0 Å². The summed E-state index contributed by atoms with van der Waals surface area (Å²) >= 11 is 0. The summed E-state index contributed by atoms with van der Waals surface area (Å²) in [5.41, 5.74) is 0. The Kier molecular flexibility index (Phi) is 6.28. The Labute approximate surface area is 114 Å². The molecule has 0 radical (unpaired) electrons. The number of rotatable bonds is 9. The van der Waals surface area contributed by atoms with Gasteiger partial charge in [-0.3, -0.25) is 4.79 Å². The summed E-state index contributed by atoms with van der Waals surface area (Å²) in [7, 11) is 0. The lowest BCUT2D eigenvalue weighted by molar-refractivity contribution is -0.142. The predicted molar refractivity (Wildman–Crippen MR) is 71.8 cm³/mol. The number of hydrogen-bond acceptors (Lipinski definition) is 3. The molecule has 0 aromatic heterocycles. The van der Waals surface area contributed by atoms with Gasteiger partial charge in [-0.1, -0.05) is 13.8 Å². The molecule has 0 bridgehead atoms. The monoisotopic (exact) mass is 271 g/mol. The number of carbonyl (C=O) groups is 2. The third-order valence-corrected chi connectivity index (χ3v) is 3.21. The van der Waals surface area contributed by atoms with Crippen LogP contribution in [0.1, 0.15) is 46.5 Å². The smallest absolute Gasteiger partial charge is 0.326 e. The van der Waals surface area contributed by atoms with Gasteiger partial charge in [-0.2, -0.15) is 0 Å². The summed E-state index contributed by atoms with van der Waals surface area (Å²) in [6, 6.07) is -0.722. The van der Waals surface area contributed by atoms with Crippen LogP contribution in [0.4, 0.5) is 0 Å². The fourth-order valence-electron chi connectivity index (χ4n) is 2.14. The highest BCUT2D eigenvalue weighted by Crippen LogP contribution is 2.32. The van der Waals surface area contributed by atoms with Crippen molar-refractivity contribution in [2.75, 3.05) is 6.61 Å². The quantitative estimate of drug-likeness (QED) is 0.670. The number of carboxylic acid groups (broad SMARTS) is 1. The maximum atomic E-state index is 11.6. The summed E-state index contributed by atoms with van der Waals surface area (Å²) in [5, 5.41) is 11.6. The van der Waals surface area contributed by atoms with Crippen molar-refractivity contribution in [3.8, 4) is 0 Å². The lowest BCUT2D eigenvalue weighted by atomic mass is 10.1. The van der Waals surface area contributed by atoms with Gasteiger partial charge < -0.3 is 15.2 Å². The van der Waals surface area contributed by atoms with Crippen LogP contribution in [-0.2, 0) is 14.3 Å². The van der Waals surface area contributed by atoms with E-state index in [9.17, 15) is 9.59 Å². The van der Waals surface area contributed by atoms with Crippen molar-refractivity contribution >= 4 is 11.9 Å². The first-order valence-corrected chi connectivity index (χ1v) is 7.04. The zero-order valence-electron chi connectivity index (χ0n) is 12.0. The average Bonchev–Trinajstić information content (AvgIpc) is 3.08. The van der Waals surface area contributed by atoms with E-state index < -0.39 is 12.0 Å². The fraction of sp³-hybridized carbons (Fsp3) is 0.857. The molecule has 0 saturated heterocycles. The molecule has 0 heterocycles. The van der Waals surface area contributed by atoms with Crippen LogP contribution in [0.25, 0.3) is 0 Å². The zero-order valence-corrected chi connectivity index (χ0v) is 12.0. The lowest BCUT2D eigenvalue weighted by Gasteiger charge is -2.16. The van der Waals surface area contributed by atoms with Crippen molar-refractivity contribution in [1.82, 2.24) is 5.32 Å². The Balaban J connectivity index is 2.18. The second-order valence-electron chi connectivity index (χ2n) is 5.78. The summed E-state index contributed by atoms with van der Waals surface area (Å²) in [4.78, 5) is 22.6. The van der Waals surface area contributed by atoms with Crippen molar-refractivity contribution in [2.45, 2.75) is 58.6 Å². The van der Waals surface area contributed by atoms with Gasteiger partial charge in [0.1, 0.15) is 6.04 Å². The first-order chi connectivity index (χ1) is 8.90. The predicted octanol–water partition coefficient (Wildman–Crippen LogP) is 1.81. The minimum Gasteiger partial charge on any atom is -0.480 e. The van der Waals surface area contributed by atoms with Crippen LogP contribution >= 0.6 is 0 Å². The van der Waals surface area contributed by atoms with Gasteiger partial charge in [-0.05, 0) is 38.0 Å². The second-order valence-corrected chi connectivity index (χ2v) is 5.78. The molecule has 1 rings (SSSR count). The minimum atomic E-state index is -0.940. The van der Waals surface area contributed by atoms with Crippen molar-refractivity contribution in [3.05, 3.63) is 0 Å². The Morgan fingerprint density at radius 3 is 2.42 bits per heavy atom. The van der Waals surface area contributed by atoms with Gasteiger partial charge in [0, 0.05) is 6.42 Å². The van der Waals surface area contributed by atoms with Crippen LogP contribution in [0, 0.1) is 11.8 Å². The first kappa shape index (κ1) is 16.0. The Morgan fingerprint density at radius 1 is 1.32 bits per heavy atom. The van der Waals surface area contributed by atoms with Crippen LogP contribution in [-0.4, -0.2) is 35.7 Å². The number of hydrogen-bond donors (Lipinski definition) is 2. The molecule has 1 aliphatic rings. The number of nitrogens with one attached hydrogen (secondary N) is 1. The number of ether oxygens (including phenoxy) is 1. The standard InChI is InChI=1S/C14H25NO4/c1-9(2)8-10(3)19-7-6-12(16)15-13(14(17)18)11-4-5-11/h9-11,13H,4-8H2,1-3H3,(H,15,16)(H,17,18). The topological polar surface area (TPSA) is 75.6 Å². The molecule has 110 valence electrons. The molecule has 0 aromatic rings. The van der Waals surface area contributed by atoms with Gasteiger partial charge in [0.15, 0.2) is 0 Å². The van der Waals surface area contributed by atoms with Crippen molar-refractivity contribution in [2.24, 2.45) is 11.8 Å². The number of aliphatic carboxylic acids is 1. The molecule has 0 aliphatic heterocycles. The van der Waals surface area contributed by atoms with Gasteiger partial charge in [0.25, 0.3) is 0 Å². The molecular formula is C14H25NO4. The van der Waals surface area contributed by atoms with Crippen molar-refractivity contribution < 1.29 is 19.4 Å². The van der Waals surface area contributed by atoms with Gasteiger partial charge in [-0.25, -0.2) is 4.79 Å². The molecule has 2 atom stereocenters. The zero-order chi connectivity index (χ0) is 14.4. The van der Waals surface area contributed by atoms with E-state index in [-0.39, 0.29) is 24.3 Å². The van der Waals surface area contributed by atoms with Gasteiger partial charge >= 0.3 is 5.97 Å². The molecule has 1 saturated carbocycles. The summed E-state index contributed by atoms with van der Waals surface area (Å²) < 4.78 is 5.53. The van der Waals surface area contributed by atoms with E-state index in [1.165, 1.54) is 0 Å². The highest BCUT2D eigenvalue weighted by atomic mass is 16.5. The maximum Gasteiger partial charge on any atom is 0.326 e. The van der Waals surface area contributed by atoms with E-state index in [2.05, 4.69) is 19.2 Å². The molecule has 19 heavy (non-hydrogen) atoms. The van der Waals surface area contributed by atoms with E-state index >= 15 is 0 Å². The van der Waals surface area contributed by atoms with Gasteiger partial charge in [0.2, 0.25) is 5.91 Å². The summed E-state index contributed by atoms with van der Waals surface area (Å²) in [6.07, 6.45) is 3.09. The first-order valence-electron chi connectivity index (χ1n) is 7.04. The third kappa shape index (κ3) is 6.57. The van der Waals surface area contributed by atoms with Crippen LogP contribution in [0.3, 0.4) is 0 Å². The Bertz CT molecular complexity index is 313. The highest BCUT2D eigenvalue weighted by molar-refractivity contribution is 5.84. The summed E-state index contributed by atoms with van der Waals surface area (Å²) in [5.74, 6) is -0.502. The van der Waals surface area contributed by atoms with Crippen LogP contribution in [0.15, 0.2) is 0 Å². The molecule has 5 nitrogen and oxygen atoms in total. The number of carboxylic acids is 1. The van der Waals surface area contributed by atoms with E-state index in [4.69, 9.17) is 9.84 Å². The molecule has 1 aliphatic carbocycles. The Morgan fingerprint density at radius 2 is 1.95 bits per heavy atom. The molecule has 0 aromatic carbocycles.